The van der Waals surface area contributed by atoms with Crippen LogP contribution < -0.4 is 5.43 Å². The van der Waals surface area contributed by atoms with Crippen molar-refractivity contribution in [3.63, 3.8) is 0 Å². The molecule has 3 heterocycles. The normalized spacial score (nSPS) is 23.8. The van der Waals surface area contributed by atoms with Gasteiger partial charge in [0.25, 0.3) is 0 Å². The van der Waals surface area contributed by atoms with Crippen LogP contribution in [-0.4, -0.2) is 54.0 Å². The number of carbonyl (C=O) groups is 1. The first-order valence-electron chi connectivity index (χ1n) is 11.7. The molecule has 7 heteroatoms. The minimum Gasteiger partial charge on any atom is -0.497 e. The van der Waals surface area contributed by atoms with E-state index in [2.05, 4.69) is 31.7 Å². The lowest BCUT2D eigenvalue weighted by molar-refractivity contribution is 0.0365. The van der Waals surface area contributed by atoms with Crippen LogP contribution in [0.1, 0.15) is 62.1 Å². The smallest absolute Gasteiger partial charge is 0.341 e. The number of pyridine rings is 1. The molecule has 1 aromatic rings. The topological polar surface area (TPSA) is 81.0 Å². The number of rotatable bonds is 4. The summed E-state index contributed by atoms with van der Waals surface area (Å²) in [7, 11) is 2.04. The zero-order valence-electron chi connectivity index (χ0n) is 20.0. The van der Waals surface area contributed by atoms with Crippen LogP contribution in [0.4, 0.5) is 0 Å². The highest BCUT2D eigenvalue weighted by Gasteiger charge is 2.36. The third-order valence-electron chi connectivity index (χ3n) is 6.81. The molecule has 0 saturated carbocycles. The lowest BCUT2D eigenvalue weighted by atomic mass is 9.83. The summed E-state index contributed by atoms with van der Waals surface area (Å²) in [4.78, 5) is 26.5. The predicted octanol–water partition coefficient (Wildman–Crippen LogP) is 4.08. The zero-order valence-corrected chi connectivity index (χ0v) is 20.0. The molecule has 1 unspecified atom stereocenters. The standard InChI is InChI=1S/C26H34N2O5/c1-26(2,3)23-15-27(4)24(21-13-22(29)20(25(30)31)14-28(21)23)18-6-5-7-19(12-18)33-16-17-8-10-32-11-9-17/h5-7,13-14,17,23H,8-12,15-16H2,1-4H3,(H,30,31)/b24-18-. The van der Waals surface area contributed by atoms with Crippen LogP contribution in [0, 0.1) is 11.3 Å². The second kappa shape index (κ2) is 9.21. The molecule has 33 heavy (non-hydrogen) atoms. The van der Waals surface area contributed by atoms with Crippen molar-refractivity contribution < 1.29 is 19.4 Å². The summed E-state index contributed by atoms with van der Waals surface area (Å²) in [5.74, 6) is 0.231. The average Bonchev–Trinajstić information content (AvgIpc) is 2.77. The molecule has 2 aliphatic heterocycles. The van der Waals surface area contributed by atoms with Crippen molar-refractivity contribution >= 4 is 11.7 Å². The van der Waals surface area contributed by atoms with Crippen LogP contribution in [0.2, 0.25) is 0 Å². The molecule has 0 bridgehead atoms. The minimum atomic E-state index is -1.19. The number of hydrogen-bond acceptors (Lipinski definition) is 5. The van der Waals surface area contributed by atoms with E-state index in [9.17, 15) is 14.7 Å². The summed E-state index contributed by atoms with van der Waals surface area (Å²) in [6.07, 6.45) is 10.3. The number of aromatic nitrogens is 1. The lowest BCUT2D eigenvalue weighted by Crippen LogP contribution is -2.42. The van der Waals surface area contributed by atoms with Crippen LogP contribution in [0.15, 0.2) is 46.6 Å². The first kappa shape index (κ1) is 23.4. The number of ether oxygens (including phenoxy) is 2. The third kappa shape index (κ3) is 4.93. The predicted molar refractivity (Wildman–Crippen MR) is 127 cm³/mol. The minimum absolute atomic E-state index is 0.0212. The van der Waals surface area contributed by atoms with Gasteiger partial charge in [-0.15, -0.1) is 0 Å². The Kier molecular flexibility index (Phi) is 6.52. The lowest BCUT2D eigenvalue weighted by Gasteiger charge is -2.44. The molecule has 7 nitrogen and oxygen atoms in total. The molecule has 1 N–H and O–H groups in total. The summed E-state index contributed by atoms with van der Waals surface area (Å²) in [5.41, 5.74) is 1.97. The van der Waals surface area contributed by atoms with Crippen LogP contribution in [0.5, 0.6) is 0 Å². The zero-order chi connectivity index (χ0) is 23.8. The van der Waals surface area contributed by atoms with Crippen LogP contribution in [0.3, 0.4) is 0 Å². The number of allylic oxidation sites excluding steroid dienone is 4. The van der Waals surface area contributed by atoms with E-state index in [4.69, 9.17) is 9.47 Å². The fourth-order valence-electron chi connectivity index (χ4n) is 4.87. The van der Waals surface area contributed by atoms with Gasteiger partial charge in [-0.2, -0.15) is 0 Å². The number of carboxylic acids is 1. The molecular formula is C26H34N2O5. The van der Waals surface area contributed by atoms with E-state index in [1.165, 1.54) is 12.3 Å². The number of carboxylic acid groups (broad SMARTS) is 1. The van der Waals surface area contributed by atoms with Crippen LogP contribution in [-0.2, 0) is 9.47 Å². The van der Waals surface area contributed by atoms with Crippen molar-refractivity contribution in [3.05, 3.63) is 63.3 Å². The Balaban J connectivity index is 1.69. The summed E-state index contributed by atoms with van der Waals surface area (Å²) in [5, 5.41) is 9.55. The van der Waals surface area contributed by atoms with Crippen molar-refractivity contribution in [2.24, 2.45) is 11.3 Å². The molecule has 0 amide bonds. The maximum atomic E-state index is 12.7. The van der Waals surface area contributed by atoms with E-state index >= 15 is 0 Å². The Hall–Kier alpha value is -2.80. The Labute approximate surface area is 195 Å². The highest BCUT2D eigenvalue weighted by molar-refractivity contribution is 5.87. The van der Waals surface area contributed by atoms with E-state index in [0.717, 1.165) is 48.8 Å². The molecule has 0 radical (unpaired) electrons. The number of fused-ring (bicyclic) bond motifs is 1. The summed E-state index contributed by atoms with van der Waals surface area (Å²) in [6, 6.07) is 1.50. The molecule has 4 rings (SSSR count). The second-order valence-electron chi connectivity index (χ2n) is 10.3. The average molecular weight is 455 g/mol. The summed E-state index contributed by atoms with van der Waals surface area (Å²) >= 11 is 0. The first-order valence-corrected chi connectivity index (χ1v) is 11.7. The SMILES string of the molecule is CN1CC(C(C)(C)C)n2cc(C(=O)O)c(=O)cc2/C1=C1\C=CC=C(OCC2CCOCC2)C1. The second-order valence-corrected chi connectivity index (χ2v) is 10.3. The van der Waals surface area contributed by atoms with Gasteiger partial charge in [0.05, 0.1) is 24.0 Å². The van der Waals surface area contributed by atoms with Gasteiger partial charge in [-0.05, 0) is 35.8 Å². The molecule has 1 saturated heterocycles. The summed E-state index contributed by atoms with van der Waals surface area (Å²) < 4.78 is 13.6. The molecule has 1 atom stereocenters. The molecule has 0 aromatic carbocycles. The largest absolute Gasteiger partial charge is 0.497 e. The van der Waals surface area contributed by atoms with Crippen LogP contribution in [0.25, 0.3) is 5.70 Å². The number of nitrogens with zero attached hydrogens (tertiary/aromatic N) is 2. The summed E-state index contributed by atoms with van der Waals surface area (Å²) in [6.45, 7) is 9.41. The van der Waals surface area contributed by atoms with Crippen molar-refractivity contribution in [1.29, 1.82) is 0 Å². The molecule has 178 valence electrons. The highest BCUT2D eigenvalue weighted by Crippen LogP contribution is 2.41. The van der Waals surface area contributed by atoms with Crippen molar-refractivity contribution in [3.8, 4) is 0 Å². The van der Waals surface area contributed by atoms with Gasteiger partial charge in [0, 0.05) is 45.5 Å². The maximum absolute atomic E-state index is 12.7. The Bertz CT molecular complexity index is 1070. The van der Waals surface area contributed by atoms with E-state index in [-0.39, 0.29) is 17.0 Å². The van der Waals surface area contributed by atoms with Gasteiger partial charge >= 0.3 is 5.97 Å². The maximum Gasteiger partial charge on any atom is 0.341 e. The number of likely N-dealkylation sites (N-methyl/N-ethyl adjacent to an activating group) is 1. The van der Waals surface area contributed by atoms with E-state index in [1.807, 2.05) is 23.8 Å². The molecule has 1 fully saturated rings. The van der Waals surface area contributed by atoms with Crippen LogP contribution >= 0.6 is 0 Å². The van der Waals surface area contributed by atoms with Gasteiger partial charge in [0.2, 0.25) is 0 Å². The molecule has 1 aliphatic carbocycles. The highest BCUT2D eigenvalue weighted by atomic mass is 16.5. The van der Waals surface area contributed by atoms with Gasteiger partial charge in [-0.1, -0.05) is 32.9 Å². The molecule has 3 aliphatic rings. The fraction of sp³-hybridized carbons (Fsp3) is 0.538. The Morgan fingerprint density at radius 1 is 1.27 bits per heavy atom. The molecule has 1 aromatic heterocycles. The van der Waals surface area contributed by atoms with Crippen molar-refractivity contribution in [2.75, 3.05) is 33.4 Å². The first-order chi connectivity index (χ1) is 15.6. The van der Waals surface area contributed by atoms with Gasteiger partial charge < -0.3 is 24.0 Å². The fourth-order valence-corrected chi connectivity index (χ4v) is 4.87. The third-order valence-corrected chi connectivity index (χ3v) is 6.81. The van der Waals surface area contributed by atoms with Gasteiger partial charge in [0.15, 0.2) is 5.43 Å². The number of hydrogen-bond donors (Lipinski definition) is 1. The van der Waals surface area contributed by atoms with Gasteiger partial charge in [-0.25, -0.2) is 4.79 Å². The quantitative estimate of drug-likeness (QED) is 0.739. The molecule has 0 spiro atoms. The Morgan fingerprint density at radius 3 is 2.67 bits per heavy atom. The van der Waals surface area contributed by atoms with E-state index < -0.39 is 11.4 Å². The van der Waals surface area contributed by atoms with E-state index in [0.29, 0.717) is 25.5 Å². The Morgan fingerprint density at radius 2 is 2.00 bits per heavy atom. The molecular weight excluding hydrogens is 420 g/mol. The van der Waals surface area contributed by atoms with Crippen molar-refractivity contribution in [1.82, 2.24) is 9.47 Å². The number of aromatic carboxylic acids is 1. The van der Waals surface area contributed by atoms with E-state index in [1.54, 1.807) is 0 Å². The monoisotopic (exact) mass is 454 g/mol. The van der Waals surface area contributed by atoms with Gasteiger partial charge in [0.1, 0.15) is 11.3 Å². The van der Waals surface area contributed by atoms with Gasteiger partial charge in [-0.3, -0.25) is 4.79 Å². The van der Waals surface area contributed by atoms with Crippen molar-refractivity contribution in [2.45, 2.75) is 46.1 Å².